The van der Waals surface area contributed by atoms with E-state index in [-0.39, 0.29) is 22.3 Å². The Labute approximate surface area is 778 Å². The molecule has 684 valence electrons. The van der Waals surface area contributed by atoms with Crippen LogP contribution in [0.2, 0.25) is 5.02 Å². The zero-order chi connectivity index (χ0) is 87.6. The number of nitrogens with one attached hydrogen (secondary N) is 6. The zero-order valence-corrected chi connectivity index (χ0v) is 74.6. The summed E-state index contributed by atoms with van der Waals surface area (Å²) in [6.45, 7) is 14.3. The molecule has 0 bridgehead atoms. The molecule has 6 aliphatic heterocycles. The number of halogens is 2. The minimum Gasteiger partial charge on any atom is -0.384 e. The number of nitrogen functional groups attached to an aromatic ring is 6. The van der Waals surface area contributed by atoms with Crippen molar-refractivity contribution in [2.75, 3.05) is 113 Å². The average Bonchev–Trinajstić information content (AvgIpc) is 1.51. The third-order valence-corrected chi connectivity index (χ3v) is 26.6. The molecule has 0 radical (unpaired) electrons. The normalized spacial score (nSPS) is 19.9. The number of benzene rings is 2. The van der Waals surface area contributed by atoms with Crippen molar-refractivity contribution in [3.05, 3.63) is 249 Å². The summed E-state index contributed by atoms with van der Waals surface area (Å²) >= 11 is 10.1. The summed E-state index contributed by atoms with van der Waals surface area (Å²) in [5.41, 5.74) is 60.5. The zero-order valence-electron chi connectivity index (χ0n) is 72.2. The van der Waals surface area contributed by atoms with Gasteiger partial charge in [-0.05, 0) is 186 Å². The first-order valence-corrected chi connectivity index (χ1v) is 46.3. The third kappa shape index (κ3) is 20.4. The summed E-state index contributed by atoms with van der Waals surface area (Å²) in [6.07, 6.45) is 51.2. The molecule has 6 unspecified atom stereocenters. The molecule has 9 aliphatic rings. The minimum atomic E-state index is 0. The summed E-state index contributed by atoms with van der Waals surface area (Å²) in [5, 5.41) is 47.4. The van der Waals surface area contributed by atoms with Crippen LogP contribution in [0.5, 0.6) is 0 Å². The molecule has 6 fully saturated rings. The van der Waals surface area contributed by atoms with Crippen LogP contribution in [0.25, 0.3) is 78.9 Å². The van der Waals surface area contributed by atoms with Gasteiger partial charge in [-0.3, -0.25) is 0 Å². The standard InChI is InChI=1S/C17H18ClN5.C17H19N5.C16H18BrN5.2C16H19N5.C14H19N5.3CH4/c18-14-15(12-7-4-8-20-9-12)22-17-13(10-21-23(17)16(14)19)11-5-2-1-3-6-11;18-16-9-15(13-7-4-8-19-10-13)21-17-14(11-20-22(16)17)12-5-2-1-3-6-12;17-13-14(11-6-3-7-19-8-11)21-16-12(10-4-1-2-5-10)9-20-22(16)15(13)18;2*17-15-8-14(12-6-3-7-18-9-12)20-16-13(10-19-21(15)16)11-4-1-2-5-11;1-2-4-11-9-17-19-13(15)7-12(18-14(11)19)10-5-3-6-16-8-10;;;/h1-3,5-6,10,12,20H,4,7-9,19H2;1-3,5-6,9,11,13,19H,4,7-8,10,18H2;1,4-5,9,11,19H,2-3,6-8,18H2;1,4-5,8,10,12,18H,2-3,6-7,9,17H2;1-2,4,8,10,12,18H,3,5-7,9,17H2;2,4,7,9-10,16H,3,5-6,8,15H2,1H3;3*1H4/b;;;;;4-2+;;;. The molecule has 18 heterocycles. The van der Waals surface area contributed by atoms with Gasteiger partial charge in [0.1, 0.15) is 39.9 Å². The highest BCUT2D eigenvalue weighted by Crippen LogP contribution is 2.40. The van der Waals surface area contributed by atoms with Crippen molar-refractivity contribution in [2.24, 2.45) is 0 Å². The van der Waals surface area contributed by atoms with Gasteiger partial charge in [-0.15, -0.1) is 0 Å². The maximum Gasteiger partial charge on any atom is 0.165 e. The van der Waals surface area contributed by atoms with E-state index in [9.17, 15) is 0 Å². The van der Waals surface area contributed by atoms with Gasteiger partial charge in [0, 0.05) is 132 Å². The number of anilines is 6. The molecule has 131 heavy (non-hydrogen) atoms. The van der Waals surface area contributed by atoms with Crippen molar-refractivity contribution in [3.63, 3.8) is 0 Å². The summed E-state index contributed by atoms with van der Waals surface area (Å²) in [5.74, 6) is 6.18. The molecule has 32 heteroatoms. The molecule has 3 aliphatic carbocycles. The lowest BCUT2D eigenvalue weighted by Gasteiger charge is -2.23. The fraction of sp³-hybridized carbons (Fsp3) is 0.374. The predicted octanol–water partition coefficient (Wildman–Crippen LogP) is 16.4. The lowest BCUT2D eigenvalue weighted by molar-refractivity contribution is 0.453. The molecule has 0 amide bonds. The van der Waals surface area contributed by atoms with Gasteiger partial charge in [0.15, 0.2) is 33.9 Å². The van der Waals surface area contributed by atoms with E-state index < -0.39 is 0 Å². The molecule has 23 rings (SSSR count). The lowest BCUT2D eigenvalue weighted by atomic mass is 9.95. The number of hydrogen-bond acceptors (Lipinski definition) is 24. The Morgan fingerprint density at radius 1 is 0.389 bits per heavy atom. The van der Waals surface area contributed by atoms with E-state index in [1.165, 1.54) is 68.1 Å². The topological polar surface area (TPSA) is 409 Å². The van der Waals surface area contributed by atoms with E-state index >= 15 is 0 Å². The van der Waals surface area contributed by atoms with Crippen molar-refractivity contribution in [2.45, 2.75) is 161 Å². The molecule has 12 aromatic heterocycles. The fourth-order valence-corrected chi connectivity index (χ4v) is 19.4. The first-order chi connectivity index (χ1) is 62.8. The van der Waals surface area contributed by atoms with E-state index in [0.717, 1.165) is 241 Å². The van der Waals surface area contributed by atoms with E-state index in [4.69, 9.17) is 75.9 Å². The van der Waals surface area contributed by atoms with Gasteiger partial charge in [0.25, 0.3) is 0 Å². The Morgan fingerprint density at radius 3 is 1.13 bits per heavy atom. The number of nitrogens with zero attached hydrogens (tertiary/aromatic N) is 18. The van der Waals surface area contributed by atoms with Crippen LogP contribution in [0.4, 0.5) is 34.9 Å². The Kier molecular flexibility index (Phi) is 30.7. The largest absolute Gasteiger partial charge is 0.384 e. The third-order valence-electron chi connectivity index (χ3n) is 25.4. The van der Waals surface area contributed by atoms with Crippen molar-refractivity contribution in [1.82, 2.24) is 119 Å². The monoisotopic (exact) mass is 1850 g/mol. The second-order valence-corrected chi connectivity index (χ2v) is 35.2. The van der Waals surface area contributed by atoms with Crippen LogP contribution in [-0.2, 0) is 0 Å². The van der Waals surface area contributed by atoms with Gasteiger partial charge < -0.3 is 66.3 Å². The van der Waals surface area contributed by atoms with Crippen molar-refractivity contribution < 1.29 is 0 Å². The minimum absolute atomic E-state index is 0. The molecule has 0 spiro atoms. The van der Waals surface area contributed by atoms with Crippen LogP contribution in [0.1, 0.15) is 217 Å². The van der Waals surface area contributed by atoms with Crippen molar-refractivity contribution in [3.8, 4) is 22.3 Å². The molecular formula is C99H124BrClN30. The highest BCUT2D eigenvalue weighted by molar-refractivity contribution is 9.10. The number of hydrogen-bond donors (Lipinski definition) is 12. The molecule has 14 aromatic rings. The Bertz CT molecular complexity index is 6510. The van der Waals surface area contributed by atoms with Crippen LogP contribution in [-0.4, -0.2) is 166 Å². The second kappa shape index (κ2) is 43.1. The fourth-order valence-electron chi connectivity index (χ4n) is 18.6. The molecule has 2 aromatic carbocycles. The molecular weight excluding hydrogens is 1720 g/mol. The summed E-state index contributed by atoms with van der Waals surface area (Å²) in [6, 6.07) is 28.2. The first-order valence-electron chi connectivity index (χ1n) is 45.1. The summed E-state index contributed by atoms with van der Waals surface area (Å²) < 4.78 is 11.1. The summed E-state index contributed by atoms with van der Waals surface area (Å²) in [7, 11) is 0. The molecule has 18 N–H and O–H groups in total. The smallest absolute Gasteiger partial charge is 0.165 e. The van der Waals surface area contributed by atoms with Gasteiger partial charge >= 0.3 is 0 Å². The highest BCUT2D eigenvalue weighted by atomic mass is 79.9. The van der Waals surface area contributed by atoms with Crippen molar-refractivity contribution in [1.29, 1.82) is 0 Å². The van der Waals surface area contributed by atoms with E-state index in [2.05, 4.69) is 145 Å². The van der Waals surface area contributed by atoms with Crippen LogP contribution in [0.3, 0.4) is 0 Å². The number of piperidine rings is 6. The Hall–Kier alpha value is -12.3. The lowest BCUT2D eigenvalue weighted by Crippen LogP contribution is -2.29. The van der Waals surface area contributed by atoms with Crippen LogP contribution >= 0.6 is 27.5 Å². The first kappa shape index (κ1) is 93.4. The predicted molar refractivity (Wildman–Crippen MR) is 537 cm³/mol. The SMILES string of the molecule is C.C.C.C/C=C/c1cnn2c(N)cc(C3CCCNC3)nc12.Nc1c(Br)c(C2CCCNC2)nc2c(C3=CCC=C3)cnn12.Nc1c(Cl)c(C2CCCNC2)nc2c(-c3ccccc3)cnn12.Nc1cc(C2CCCNC2)nc2c(-c3ccccc3)cnn12.Nc1cc(C2CCCNC2)nc2c(C3=CC=CC3)cnn12.Nc1cc(C2CCCNC2)nc2c(C3=CCC=C3)cnn12. The van der Waals surface area contributed by atoms with E-state index in [1.807, 2.05) is 123 Å². The Balaban J connectivity index is 0.000000120. The Morgan fingerprint density at radius 2 is 0.733 bits per heavy atom. The summed E-state index contributed by atoms with van der Waals surface area (Å²) in [4.78, 5) is 29.2. The number of rotatable bonds is 12. The highest BCUT2D eigenvalue weighted by Gasteiger charge is 2.30. The van der Waals surface area contributed by atoms with Gasteiger partial charge in [-0.1, -0.05) is 161 Å². The quantitative estimate of drug-likeness (QED) is 0.0540. The van der Waals surface area contributed by atoms with Crippen LogP contribution in [0, 0.1) is 0 Å². The van der Waals surface area contributed by atoms with Crippen LogP contribution in [0.15, 0.2) is 187 Å². The maximum absolute atomic E-state index is 6.48. The van der Waals surface area contributed by atoms with Gasteiger partial charge in [-0.25, -0.2) is 29.9 Å². The van der Waals surface area contributed by atoms with E-state index in [0.29, 0.717) is 75.4 Å². The van der Waals surface area contributed by atoms with Crippen LogP contribution < -0.4 is 66.3 Å². The second-order valence-electron chi connectivity index (χ2n) is 34.0. The molecule has 30 nitrogen and oxygen atoms in total. The molecule has 6 saturated heterocycles. The molecule has 6 atom stereocenters. The van der Waals surface area contributed by atoms with Gasteiger partial charge in [0.05, 0.1) is 75.8 Å². The number of allylic oxidation sites excluding steroid dienone is 13. The number of nitrogens with two attached hydrogens (primary N) is 6. The molecule has 0 saturated carbocycles. The number of fused-ring (bicyclic) bond motifs is 6. The number of aromatic nitrogens is 18. The van der Waals surface area contributed by atoms with Gasteiger partial charge in [0.2, 0.25) is 0 Å². The van der Waals surface area contributed by atoms with Gasteiger partial charge in [-0.2, -0.15) is 57.7 Å². The van der Waals surface area contributed by atoms with E-state index in [1.54, 1.807) is 33.3 Å². The van der Waals surface area contributed by atoms with Crippen molar-refractivity contribution >= 4 is 119 Å². The maximum atomic E-state index is 6.48. The average molecular weight is 1850 g/mol.